The highest BCUT2D eigenvalue weighted by Gasteiger charge is 2.34. The third kappa shape index (κ3) is 4.61. The molecule has 5 rings (SSSR count). The van der Waals surface area contributed by atoms with E-state index in [0.717, 1.165) is 18.4 Å². The van der Waals surface area contributed by atoms with Gasteiger partial charge in [-0.05, 0) is 48.7 Å². The van der Waals surface area contributed by atoms with Gasteiger partial charge in [0.1, 0.15) is 17.4 Å². The van der Waals surface area contributed by atoms with Gasteiger partial charge in [-0.1, -0.05) is 23.7 Å². The number of carbonyl (C=O) groups excluding carboxylic acids is 2. The Hall–Kier alpha value is -3.46. The number of ether oxygens (including phenoxy) is 1. The van der Waals surface area contributed by atoms with Crippen LogP contribution in [0.25, 0.3) is 0 Å². The summed E-state index contributed by atoms with van der Waals surface area (Å²) in [5.74, 6) is 1.25. The van der Waals surface area contributed by atoms with E-state index in [2.05, 4.69) is 15.2 Å². The van der Waals surface area contributed by atoms with Gasteiger partial charge in [0, 0.05) is 31.0 Å². The largest absolute Gasteiger partial charge is 0.482 e. The van der Waals surface area contributed by atoms with E-state index in [9.17, 15) is 14.0 Å². The number of hydrogen-bond acceptors (Lipinski definition) is 5. The first-order valence-corrected chi connectivity index (χ1v) is 11.5. The summed E-state index contributed by atoms with van der Waals surface area (Å²) in [5, 5.41) is 7.78. The lowest BCUT2D eigenvalue weighted by Crippen LogP contribution is -2.41. The van der Waals surface area contributed by atoms with Gasteiger partial charge in [0.05, 0.1) is 11.7 Å². The van der Waals surface area contributed by atoms with Crippen molar-refractivity contribution in [2.45, 2.75) is 31.7 Å². The van der Waals surface area contributed by atoms with Gasteiger partial charge < -0.3 is 14.5 Å². The van der Waals surface area contributed by atoms with Crippen LogP contribution in [-0.4, -0.2) is 51.6 Å². The summed E-state index contributed by atoms with van der Waals surface area (Å²) in [6.45, 7) is 0.787. The van der Waals surface area contributed by atoms with Crippen LogP contribution in [0.2, 0.25) is 5.02 Å². The van der Waals surface area contributed by atoms with Crippen LogP contribution in [-0.2, 0) is 16.0 Å². The molecule has 1 N–H and O–H groups in total. The van der Waals surface area contributed by atoms with Crippen molar-refractivity contribution in [1.82, 2.24) is 20.1 Å². The van der Waals surface area contributed by atoms with Crippen molar-refractivity contribution in [1.29, 1.82) is 0 Å². The van der Waals surface area contributed by atoms with Gasteiger partial charge in [0.25, 0.3) is 5.91 Å². The standard InChI is InChI=1S/C24H23ClFN5O3/c25-16-5-8-20-19(13-16)31(23(33)14-34-20)11-9-22(32)30-10-1-2-18(30)24-27-21(28-29-24)12-15-3-6-17(26)7-4-15/h3-8,13,18H,1-2,9-12,14H2,(H,27,28,29)/t18-/m1/s1. The highest BCUT2D eigenvalue weighted by Crippen LogP contribution is 2.35. The molecule has 0 bridgehead atoms. The summed E-state index contributed by atoms with van der Waals surface area (Å²) >= 11 is 6.10. The number of benzene rings is 2. The van der Waals surface area contributed by atoms with Gasteiger partial charge in [-0.15, -0.1) is 0 Å². The molecule has 8 nitrogen and oxygen atoms in total. The smallest absolute Gasteiger partial charge is 0.265 e. The molecule has 0 saturated carbocycles. The predicted octanol–water partition coefficient (Wildman–Crippen LogP) is 3.67. The number of nitrogens with zero attached hydrogens (tertiary/aromatic N) is 4. The van der Waals surface area contributed by atoms with Crippen molar-refractivity contribution in [3.05, 3.63) is 70.5 Å². The molecular weight excluding hydrogens is 461 g/mol. The minimum atomic E-state index is -0.285. The second-order valence-electron chi connectivity index (χ2n) is 8.38. The van der Waals surface area contributed by atoms with Gasteiger partial charge in [0.2, 0.25) is 5.91 Å². The molecule has 0 aliphatic carbocycles. The molecule has 2 aliphatic heterocycles. The fraction of sp³-hybridized carbons (Fsp3) is 0.333. The minimum absolute atomic E-state index is 0.0599. The van der Waals surface area contributed by atoms with Crippen molar-refractivity contribution < 1.29 is 18.7 Å². The fourth-order valence-corrected chi connectivity index (χ4v) is 4.61. The Morgan fingerprint density at radius 3 is 2.88 bits per heavy atom. The second-order valence-corrected chi connectivity index (χ2v) is 8.82. The van der Waals surface area contributed by atoms with Crippen LogP contribution in [0.3, 0.4) is 0 Å². The lowest BCUT2D eigenvalue weighted by Gasteiger charge is -2.30. The lowest BCUT2D eigenvalue weighted by molar-refractivity contribution is -0.132. The zero-order valence-corrected chi connectivity index (χ0v) is 19.1. The van der Waals surface area contributed by atoms with E-state index in [4.69, 9.17) is 16.3 Å². The summed E-state index contributed by atoms with van der Waals surface area (Å²) < 4.78 is 18.6. The van der Waals surface area contributed by atoms with Crippen molar-refractivity contribution in [3.8, 4) is 5.75 Å². The zero-order chi connectivity index (χ0) is 23.7. The minimum Gasteiger partial charge on any atom is -0.482 e. The Labute approximate surface area is 200 Å². The molecule has 1 atom stereocenters. The van der Waals surface area contributed by atoms with Crippen LogP contribution in [0.5, 0.6) is 5.75 Å². The first kappa shape index (κ1) is 22.3. The fourth-order valence-electron chi connectivity index (χ4n) is 4.44. The SMILES string of the molecule is O=C1COc2ccc(Cl)cc2N1CCC(=O)N1CCC[C@@H]1c1n[nH]c(Cc2ccc(F)cc2)n1. The van der Waals surface area contributed by atoms with Crippen molar-refractivity contribution in [3.63, 3.8) is 0 Å². The summed E-state index contributed by atoms with van der Waals surface area (Å²) in [7, 11) is 0. The number of anilines is 1. The third-order valence-corrected chi connectivity index (χ3v) is 6.35. The highest BCUT2D eigenvalue weighted by atomic mass is 35.5. The molecule has 0 unspecified atom stereocenters. The average Bonchev–Trinajstić information content (AvgIpc) is 3.49. The molecule has 0 radical (unpaired) electrons. The molecule has 176 valence electrons. The quantitative estimate of drug-likeness (QED) is 0.577. The third-order valence-electron chi connectivity index (χ3n) is 6.12. The zero-order valence-electron chi connectivity index (χ0n) is 18.3. The summed E-state index contributed by atoms with van der Waals surface area (Å²) in [5.41, 5.74) is 1.49. The number of carbonyl (C=O) groups is 2. The first-order valence-electron chi connectivity index (χ1n) is 11.2. The van der Waals surface area contributed by atoms with Crippen LogP contribution in [0, 0.1) is 5.82 Å². The number of halogens is 2. The topological polar surface area (TPSA) is 91.4 Å². The predicted molar refractivity (Wildman–Crippen MR) is 123 cm³/mol. The van der Waals surface area contributed by atoms with Crippen molar-refractivity contribution >= 4 is 29.1 Å². The Bertz CT molecular complexity index is 1220. The molecule has 1 aromatic heterocycles. The molecule has 3 heterocycles. The number of amides is 2. The molecule has 0 spiro atoms. The number of likely N-dealkylation sites (tertiary alicyclic amines) is 1. The number of hydrogen-bond donors (Lipinski definition) is 1. The number of aromatic nitrogens is 3. The molecule has 34 heavy (non-hydrogen) atoms. The Kier molecular flexibility index (Phi) is 6.19. The summed E-state index contributed by atoms with van der Waals surface area (Å²) in [4.78, 5) is 33.5. The van der Waals surface area contributed by atoms with E-state index < -0.39 is 0 Å². The van der Waals surface area contributed by atoms with E-state index >= 15 is 0 Å². The van der Waals surface area contributed by atoms with Gasteiger partial charge in [-0.25, -0.2) is 9.37 Å². The number of H-pyrrole nitrogens is 1. The number of fused-ring (bicyclic) bond motifs is 1. The van der Waals surface area contributed by atoms with Crippen LogP contribution in [0.1, 0.15) is 42.5 Å². The van der Waals surface area contributed by atoms with Crippen LogP contribution in [0.15, 0.2) is 42.5 Å². The molecular formula is C24H23ClFN5O3. The molecule has 1 saturated heterocycles. The second kappa shape index (κ2) is 9.42. The van der Waals surface area contributed by atoms with Crippen molar-refractivity contribution in [2.75, 3.05) is 24.6 Å². The molecule has 10 heteroatoms. The maximum Gasteiger partial charge on any atom is 0.265 e. The van der Waals surface area contributed by atoms with E-state index in [0.29, 0.717) is 41.1 Å². The monoisotopic (exact) mass is 483 g/mol. The maximum atomic E-state index is 13.1. The van der Waals surface area contributed by atoms with Crippen LogP contribution < -0.4 is 9.64 Å². The van der Waals surface area contributed by atoms with Crippen LogP contribution in [0.4, 0.5) is 10.1 Å². The first-order chi connectivity index (χ1) is 16.5. The average molecular weight is 484 g/mol. The van der Waals surface area contributed by atoms with E-state index in [1.54, 1.807) is 40.1 Å². The summed E-state index contributed by atoms with van der Waals surface area (Å²) in [6, 6.07) is 11.1. The summed E-state index contributed by atoms with van der Waals surface area (Å²) in [6.07, 6.45) is 2.29. The Morgan fingerprint density at radius 2 is 2.06 bits per heavy atom. The van der Waals surface area contributed by atoms with Gasteiger partial charge in [0.15, 0.2) is 12.4 Å². The van der Waals surface area contributed by atoms with Gasteiger partial charge in [-0.2, -0.15) is 5.10 Å². The molecule has 3 aromatic rings. The normalized spacial score (nSPS) is 17.6. The molecule has 2 aromatic carbocycles. The van der Waals surface area contributed by atoms with Gasteiger partial charge >= 0.3 is 0 Å². The Morgan fingerprint density at radius 1 is 1.24 bits per heavy atom. The molecule has 2 aliphatic rings. The number of aromatic amines is 1. The Balaban J connectivity index is 1.24. The van der Waals surface area contributed by atoms with Gasteiger partial charge in [-0.3, -0.25) is 14.7 Å². The maximum absolute atomic E-state index is 13.1. The number of rotatable bonds is 6. The molecule has 1 fully saturated rings. The van der Waals surface area contributed by atoms with Crippen molar-refractivity contribution in [2.24, 2.45) is 0 Å². The van der Waals surface area contributed by atoms with E-state index in [1.165, 1.54) is 12.1 Å². The molecule has 2 amide bonds. The van der Waals surface area contributed by atoms with E-state index in [1.807, 2.05) is 0 Å². The highest BCUT2D eigenvalue weighted by molar-refractivity contribution is 6.31. The lowest BCUT2D eigenvalue weighted by atomic mass is 10.1. The van der Waals surface area contributed by atoms with E-state index in [-0.39, 0.29) is 43.2 Å². The number of nitrogens with one attached hydrogen (secondary N) is 1. The van der Waals surface area contributed by atoms with Crippen LogP contribution >= 0.6 is 11.6 Å².